The highest BCUT2D eigenvalue weighted by molar-refractivity contribution is 7.14. The molecule has 0 aliphatic rings. The molecule has 0 spiro atoms. The molecule has 0 atom stereocenters. The number of hydrogen-bond donors (Lipinski definition) is 0. The zero-order chi connectivity index (χ0) is 22.9. The Kier molecular flexibility index (Phi) is 8.72. The van der Waals surface area contributed by atoms with Crippen LogP contribution in [-0.4, -0.2) is 52.0 Å². The number of ether oxygens (including phenoxy) is 4. The summed E-state index contributed by atoms with van der Waals surface area (Å²) in [5, 5.41) is 3.07. The average Bonchev–Trinajstić information content (AvgIpc) is 3.30. The highest BCUT2D eigenvalue weighted by atomic mass is 35.5. The summed E-state index contributed by atoms with van der Waals surface area (Å²) in [5.74, 6) is 1.74. The molecular weight excluding hydrogens is 452 g/mol. The van der Waals surface area contributed by atoms with Crippen molar-refractivity contribution in [2.24, 2.45) is 0 Å². The summed E-state index contributed by atoms with van der Waals surface area (Å²) in [4.78, 5) is 19.3. The lowest BCUT2D eigenvalue weighted by Gasteiger charge is -2.20. The molecule has 0 radical (unpaired) electrons. The van der Waals surface area contributed by atoms with Gasteiger partial charge in [-0.3, -0.25) is 9.69 Å². The Bertz CT molecular complexity index is 1030. The van der Waals surface area contributed by atoms with Crippen LogP contribution in [0.2, 0.25) is 5.02 Å². The standard InChI is InChI=1S/C23H25ClN2O5S/c1-28-12-4-11-26(22(27)14-31-17-7-5-16(24)6-8-17)23-25-20(15-32-23)19-13-18(29-2)9-10-21(19)30-3/h5-10,13,15H,4,11-12,14H2,1-3H3. The molecule has 0 saturated carbocycles. The molecule has 0 bridgehead atoms. The zero-order valence-corrected chi connectivity index (χ0v) is 19.7. The third-order valence-electron chi connectivity index (χ3n) is 4.61. The summed E-state index contributed by atoms with van der Waals surface area (Å²) < 4.78 is 21.6. The number of nitrogens with zero attached hydrogens (tertiary/aromatic N) is 2. The second-order valence-corrected chi connectivity index (χ2v) is 7.99. The molecule has 1 aromatic heterocycles. The van der Waals surface area contributed by atoms with Gasteiger partial charge in [0.2, 0.25) is 0 Å². The van der Waals surface area contributed by atoms with Crippen molar-refractivity contribution < 1.29 is 23.7 Å². The van der Waals surface area contributed by atoms with Crippen LogP contribution in [0.1, 0.15) is 6.42 Å². The molecule has 170 valence electrons. The van der Waals surface area contributed by atoms with E-state index in [0.717, 1.165) is 5.56 Å². The Morgan fingerprint density at radius 3 is 2.50 bits per heavy atom. The highest BCUT2D eigenvalue weighted by Crippen LogP contribution is 2.36. The van der Waals surface area contributed by atoms with Crippen LogP contribution < -0.4 is 19.1 Å². The number of halogens is 1. The van der Waals surface area contributed by atoms with E-state index < -0.39 is 0 Å². The fraction of sp³-hybridized carbons (Fsp3) is 0.304. The Labute approximate surface area is 196 Å². The quantitative estimate of drug-likeness (QED) is 0.365. The number of rotatable bonds is 11. The molecule has 1 heterocycles. The van der Waals surface area contributed by atoms with Crippen molar-refractivity contribution in [1.82, 2.24) is 4.98 Å². The van der Waals surface area contributed by atoms with E-state index in [1.165, 1.54) is 11.3 Å². The first-order valence-electron chi connectivity index (χ1n) is 9.91. The van der Waals surface area contributed by atoms with Crippen molar-refractivity contribution in [3.63, 3.8) is 0 Å². The van der Waals surface area contributed by atoms with E-state index in [4.69, 9.17) is 35.5 Å². The van der Waals surface area contributed by atoms with E-state index in [1.54, 1.807) is 50.5 Å². The Hall–Kier alpha value is -2.81. The van der Waals surface area contributed by atoms with E-state index in [0.29, 0.717) is 52.7 Å². The summed E-state index contributed by atoms with van der Waals surface area (Å²) in [6, 6.07) is 12.4. The van der Waals surface area contributed by atoms with Crippen molar-refractivity contribution in [2.75, 3.05) is 46.0 Å². The number of benzene rings is 2. The van der Waals surface area contributed by atoms with Crippen molar-refractivity contribution >= 4 is 34.0 Å². The van der Waals surface area contributed by atoms with Crippen LogP contribution in [0.5, 0.6) is 17.2 Å². The number of anilines is 1. The molecule has 1 amide bonds. The predicted octanol–water partition coefficient (Wildman–Crippen LogP) is 4.93. The Balaban J connectivity index is 1.80. The fourth-order valence-electron chi connectivity index (χ4n) is 2.97. The van der Waals surface area contributed by atoms with Gasteiger partial charge < -0.3 is 18.9 Å². The van der Waals surface area contributed by atoms with Gasteiger partial charge in [0.15, 0.2) is 11.7 Å². The minimum atomic E-state index is -0.199. The molecule has 3 rings (SSSR count). The minimum Gasteiger partial charge on any atom is -0.497 e. The number of thiazole rings is 1. The van der Waals surface area contributed by atoms with Crippen LogP contribution >= 0.6 is 22.9 Å². The van der Waals surface area contributed by atoms with Crippen LogP contribution in [-0.2, 0) is 9.53 Å². The number of carbonyl (C=O) groups excluding carboxylic acids is 1. The first-order chi connectivity index (χ1) is 15.5. The lowest BCUT2D eigenvalue weighted by molar-refractivity contribution is -0.120. The fourth-order valence-corrected chi connectivity index (χ4v) is 3.97. The summed E-state index contributed by atoms with van der Waals surface area (Å²) >= 11 is 7.28. The third kappa shape index (κ3) is 6.12. The van der Waals surface area contributed by atoms with Crippen molar-refractivity contribution in [3.05, 3.63) is 52.9 Å². The van der Waals surface area contributed by atoms with Crippen LogP contribution in [0.15, 0.2) is 47.8 Å². The van der Waals surface area contributed by atoms with Gasteiger partial charge in [-0.25, -0.2) is 4.98 Å². The maximum atomic E-state index is 13.0. The summed E-state index contributed by atoms with van der Waals surface area (Å²) in [6.45, 7) is 0.870. The lowest BCUT2D eigenvalue weighted by Crippen LogP contribution is -2.36. The topological polar surface area (TPSA) is 70.1 Å². The highest BCUT2D eigenvalue weighted by Gasteiger charge is 2.21. The lowest BCUT2D eigenvalue weighted by atomic mass is 10.1. The molecule has 7 nitrogen and oxygen atoms in total. The number of aromatic nitrogens is 1. The maximum absolute atomic E-state index is 13.0. The first kappa shape index (κ1) is 23.8. The van der Waals surface area contributed by atoms with E-state index in [-0.39, 0.29) is 12.5 Å². The molecule has 0 saturated heterocycles. The van der Waals surface area contributed by atoms with Gasteiger partial charge in [0.05, 0.1) is 19.9 Å². The SMILES string of the molecule is COCCCN(C(=O)COc1ccc(Cl)cc1)c1nc(-c2cc(OC)ccc2OC)cs1. The van der Waals surface area contributed by atoms with Gasteiger partial charge in [0.1, 0.15) is 17.2 Å². The zero-order valence-electron chi connectivity index (χ0n) is 18.2. The van der Waals surface area contributed by atoms with Crippen molar-refractivity contribution in [3.8, 4) is 28.5 Å². The molecule has 0 N–H and O–H groups in total. The Morgan fingerprint density at radius 2 is 1.81 bits per heavy atom. The number of carbonyl (C=O) groups is 1. The molecule has 0 fully saturated rings. The monoisotopic (exact) mass is 476 g/mol. The minimum absolute atomic E-state index is 0.119. The van der Waals surface area contributed by atoms with E-state index in [1.807, 2.05) is 23.6 Å². The number of amides is 1. The smallest absolute Gasteiger partial charge is 0.266 e. The van der Waals surface area contributed by atoms with Crippen molar-refractivity contribution in [2.45, 2.75) is 6.42 Å². The van der Waals surface area contributed by atoms with E-state index in [9.17, 15) is 4.79 Å². The largest absolute Gasteiger partial charge is 0.497 e. The van der Waals surface area contributed by atoms with Gasteiger partial charge in [0, 0.05) is 36.2 Å². The van der Waals surface area contributed by atoms with Gasteiger partial charge in [-0.2, -0.15) is 0 Å². The Morgan fingerprint density at radius 1 is 1.06 bits per heavy atom. The molecule has 32 heavy (non-hydrogen) atoms. The number of hydrogen-bond acceptors (Lipinski definition) is 7. The van der Waals surface area contributed by atoms with Crippen LogP contribution in [0.4, 0.5) is 5.13 Å². The van der Waals surface area contributed by atoms with Crippen LogP contribution in [0, 0.1) is 0 Å². The van der Waals surface area contributed by atoms with E-state index >= 15 is 0 Å². The van der Waals surface area contributed by atoms with Crippen LogP contribution in [0.25, 0.3) is 11.3 Å². The van der Waals surface area contributed by atoms with Crippen molar-refractivity contribution in [1.29, 1.82) is 0 Å². The third-order valence-corrected chi connectivity index (χ3v) is 5.73. The molecule has 2 aromatic carbocycles. The molecule has 3 aromatic rings. The van der Waals surface area contributed by atoms with Gasteiger partial charge in [-0.15, -0.1) is 11.3 Å². The molecular formula is C23H25ClN2O5S. The first-order valence-corrected chi connectivity index (χ1v) is 11.2. The van der Waals surface area contributed by atoms with Gasteiger partial charge in [0.25, 0.3) is 5.91 Å². The van der Waals surface area contributed by atoms with Crippen LogP contribution in [0.3, 0.4) is 0 Å². The van der Waals surface area contributed by atoms with Gasteiger partial charge >= 0.3 is 0 Å². The molecule has 9 heteroatoms. The predicted molar refractivity (Wildman–Crippen MR) is 126 cm³/mol. The second-order valence-electron chi connectivity index (χ2n) is 6.72. The maximum Gasteiger partial charge on any atom is 0.266 e. The summed E-state index contributed by atoms with van der Waals surface area (Å²) in [7, 11) is 4.84. The van der Waals surface area contributed by atoms with E-state index in [2.05, 4.69) is 0 Å². The second kappa shape index (κ2) is 11.7. The molecule has 0 unspecified atom stereocenters. The normalized spacial score (nSPS) is 10.6. The number of methoxy groups -OCH3 is 3. The van der Waals surface area contributed by atoms with Gasteiger partial charge in [-0.05, 0) is 48.9 Å². The molecule has 0 aliphatic heterocycles. The van der Waals surface area contributed by atoms with Gasteiger partial charge in [-0.1, -0.05) is 11.6 Å². The summed E-state index contributed by atoms with van der Waals surface area (Å²) in [5.41, 5.74) is 1.49. The summed E-state index contributed by atoms with van der Waals surface area (Å²) in [6.07, 6.45) is 0.667. The average molecular weight is 477 g/mol. The molecule has 0 aliphatic carbocycles.